The second-order valence-corrected chi connectivity index (χ2v) is 7.26. The predicted molar refractivity (Wildman–Crippen MR) is 121 cm³/mol. The van der Waals surface area contributed by atoms with Crippen molar-refractivity contribution >= 4 is 34.5 Å². The van der Waals surface area contributed by atoms with E-state index in [0.717, 1.165) is 21.9 Å². The van der Waals surface area contributed by atoms with Crippen LogP contribution in [0.5, 0.6) is 5.75 Å². The van der Waals surface area contributed by atoms with Crippen LogP contribution in [0.25, 0.3) is 10.8 Å². The largest absolute Gasteiger partial charge is 0.488 e. The fraction of sp³-hybridized carbons (Fsp3) is 0.0400. The average Bonchev–Trinajstić information content (AvgIpc) is 2.79. The SMILES string of the molecule is O=C(NN=Cc1c(OCc2ccc(F)cc2)ccc2ccccc12)c1ccc(Cl)cc1. The van der Waals surface area contributed by atoms with E-state index in [2.05, 4.69) is 10.5 Å². The number of rotatable bonds is 6. The zero-order chi connectivity index (χ0) is 21.6. The molecule has 0 saturated heterocycles. The van der Waals surface area contributed by atoms with Crippen molar-refractivity contribution in [2.45, 2.75) is 6.61 Å². The molecule has 0 heterocycles. The summed E-state index contributed by atoms with van der Waals surface area (Å²) in [6.07, 6.45) is 1.57. The molecule has 0 aromatic heterocycles. The van der Waals surface area contributed by atoms with Crippen LogP contribution >= 0.6 is 11.6 Å². The number of nitrogens with one attached hydrogen (secondary N) is 1. The van der Waals surface area contributed by atoms with Crippen LogP contribution in [0, 0.1) is 5.82 Å². The molecule has 1 N–H and O–H groups in total. The van der Waals surface area contributed by atoms with Crippen molar-refractivity contribution in [1.29, 1.82) is 0 Å². The minimum absolute atomic E-state index is 0.274. The molecule has 0 bridgehead atoms. The van der Waals surface area contributed by atoms with Gasteiger partial charge in [0, 0.05) is 16.1 Å². The number of amides is 1. The third kappa shape index (κ3) is 5.08. The van der Waals surface area contributed by atoms with Crippen LogP contribution in [-0.2, 0) is 6.61 Å². The molecular weight excluding hydrogens is 415 g/mol. The number of hydrogen-bond donors (Lipinski definition) is 1. The van der Waals surface area contributed by atoms with E-state index >= 15 is 0 Å². The van der Waals surface area contributed by atoms with Crippen molar-refractivity contribution in [3.63, 3.8) is 0 Å². The normalized spacial score (nSPS) is 11.0. The molecule has 6 heteroatoms. The second-order valence-electron chi connectivity index (χ2n) is 6.82. The molecule has 0 aliphatic heterocycles. The molecule has 31 heavy (non-hydrogen) atoms. The van der Waals surface area contributed by atoms with Gasteiger partial charge in [-0.1, -0.05) is 54.1 Å². The molecule has 0 spiro atoms. The molecule has 0 aliphatic rings. The molecule has 154 valence electrons. The van der Waals surface area contributed by atoms with Gasteiger partial charge in [-0.2, -0.15) is 5.10 Å². The van der Waals surface area contributed by atoms with Gasteiger partial charge in [0.25, 0.3) is 5.91 Å². The minimum Gasteiger partial charge on any atom is -0.488 e. The third-order valence-electron chi connectivity index (χ3n) is 4.70. The zero-order valence-electron chi connectivity index (χ0n) is 16.4. The number of halogens is 2. The van der Waals surface area contributed by atoms with E-state index in [1.54, 1.807) is 42.6 Å². The first-order chi connectivity index (χ1) is 15.1. The number of nitrogens with zero attached hydrogens (tertiary/aromatic N) is 1. The van der Waals surface area contributed by atoms with Gasteiger partial charge in [0.15, 0.2) is 0 Å². The molecule has 0 atom stereocenters. The van der Waals surface area contributed by atoms with Gasteiger partial charge in [-0.3, -0.25) is 4.79 Å². The lowest BCUT2D eigenvalue weighted by molar-refractivity contribution is 0.0955. The Bertz CT molecular complexity index is 1240. The molecule has 0 aliphatic carbocycles. The highest BCUT2D eigenvalue weighted by atomic mass is 35.5. The zero-order valence-corrected chi connectivity index (χ0v) is 17.1. The van der Waals surface area contributed by atoms with E-state index in [0.29, 0.717) is 16.3 Å². The lowest BCUT2D eigenvalue weighted by Crippen LogP contribution is -2.17. The maximum absolute atomic E-state index is 13.1. The van der Waals surface area contributed by atoms with Gasteiger partial charge in [0.05, 0.1) is 6.21 Å². The molecule has 4 nitrogen and oxygen atoms in total. The summed E-state index contributed by atoms with van der Waals surface area (Å²) in [5.74, 6) is -0.0341. The second kappa shape index (κ2) is 9.41. The van der Waals surface area contributed by atoms with Crippen LogP contribution in [0.3, 0.4) is 0 Å². The Labute approximate surface area is 183 Å². The van der Waals surface area contributed by atoms with E-state index in [9.17, 15) is 9.18 Å². The van der Waals surface area contributed by atoms with Crippen molar-refractivity contribution in [2.24, 2.45) is 5.10 Å². The van der Waals surface area contributed by atoms with Crippen LogP contribution in [-0.4, -0.2) is 12.1 Å². The van der Waals surface area contributed by atoms with E-state index in [1.807, 2.05) is 36.4 Å². The van der Waals surface area contributed by atoms with E-state index in [4.69, 9.17) is 16.3 Å². The molecule has 0 radical (unpaired) electrons. The first-order valence-electron chi connectivity index (χ1n) is 9.58. The van der Waals surface area contributed by atoms with Gasteiger partial charge < -0.3 is 4.74 Å². The topological polar surface area (TPSA) is 50.7 Å². The summed E-state index contributed by atoms with van der Waals surface area (Å²) < 4.78 is 19.1. The Kier molecular flexibility index (Phi) is 6.24. The fourth-order valence-corrected chi connectivity index (χ4v) is 3.22. The molecule has 0 fully saturated rings. The van der Waals surface area contributed by atoms with Crippen molar-refractivity contribution in [1.82, 2.24) is 5.43 Å². The van der Waals surface area contributed by atoms with Gasteiger partial charge in [0.2, 0.25) is 0 Å². The number of ether oxygens (including phenoxy) is 1. The maximum atomic E-state index is 13.1. The average molecular weight is 433 g/mol. The number of benzene rings is 4. The summed E-state index contributed by atoms with van der Waals surface area (Å²) in [6, 6.07) is 24.3. The lowest BCUT2D eigenvalue weighted by atomic mass is 10.0. The smallest absolute Gasteiger partial charge is 0.271 e. The highest BCUT2D eigenvalue weighted by Gasteiger charge is 2.09. The summed E-state index contributed by atoms with van der Waals surface area (Å²) >= 11 is 5.86. The molecule has 1 amide bonds. The van der Waals surface area contributed by atoms with Gasteiger partial charge in [-0.25, -0.2) is 9.82 Å². The van der Waals surface area contributed by atoms with Crippen molar-refractivity contribution in [3.05, 3.63) is 112 Å². The Morgan fingerprint density at radius 2 is 1.71 bits per heavy atom. The van der Waals surface area contributed by atoms with Crippen LogP contribution < -0.4 is 10.2 Å². The van der Waals surface area contributed by atoms with Gasteiger partial charge in [-0.15, -0.1) is 0 Å². The molecule has 4 aromatic rings. The number of carbonyl (C=O) groups excluding carboxylic acids is 1. The van der Waals surface area contributed by atoms with Crippen molar-refractivity contribution < 1.29 is 13.9 Å². The summed E-state index contributed by atoms with van der Waals surface area (Å²) in [7, 11) is 0. The number of hydrogen-bond acceptors (Lipinski definition) is 3. The summed E-state index contributed by atoms with van der Waals surface area (Å²) in [5, 5.41) is 6.63. The fourth-order valence-electron chi connectivity index (χ4n) is 3.10. The first kappa shape index (κ1) is 20.6. The predicted octanol–water partition coefficient (Wildman–Crippen LogP) is 5.98. The van der Waals surface area contributed by atoms with Gasteiger partial charge in [0.1, 0.15) is 18.2 Å². The monoisotopic (exact) mass is 432 g/mol. The quantitative estimate of drug-likeness (QED) is 0.301. The molecule has 4 rings (SSSR count). The summed E-state index contributed by atoms with van der Waals surface area (Å²) in [6.45, 7) is 0.274. The van der Waals surface area contributed by atoms with Crippen LogP contribution in [0.1, 0.15) is 21.5 Å². The number of hydrazone groups is 1. The van der Waals surface area contributed by atoms with Crippen LogP contribution in [0.15, 0.2) is 90.0 Å². The van der Waals surface area contributed by atoms with Gasteiger partial charge >= 0.3 is 0 Å². The highest BCUT2D eigenvalue weighted by Crippen LogP contribution is 2.27. The van der Waals surface area contributed by atoms with Crippen molar-refractivity contribution in [2.75, 3.05) is 0 Å². The Hall–Kier alpha value is -3.70. The Morgan fingerprint density at radius 1 is 0.968 bits per heavy atom. The first-order valence-corrected chi connectivity index (χ1v) is 9.96. The Morgan fingerprint density at radius 3 is 2.48 bits per heavy atom. The lowest BCUT2D eigenvalue weighted by Gasteiger charge is -2.12. The maximum Gasteiger partial charge on any atom is 0.271 e. The highest BCUT2D eigenvalue weighted by molar-refractivity contribution is 6.30. The minimum atomic E-state index is -0.345. The van der Waals surface area contributed by atoms with Crippen molar-refractivity contribution in [3.8, 4) is 5.75 Å². The van der Waals surface area contributed by atoms with E-state index in [-0.39, 0.29) is 18.3 Å². The molecule has 0 saturated carbocycles. The van der Waals surface area contributed by atoms with Crippen LogP contribution in [0.2, 0.25) is 5.02 Å². The van der Waals surface area contributed by atoms with E-state index in [1.165, 1.54) is 12.1 Å². The number of fused-ring (bicyclic) bond motifs is 1. The van der Waals surface area contributed by atoms with Gasteiger partial charge in [-0.05, 0) is 58.8 Å². The van der Waals surface area contributed by atoms with Crippen LogP contribution in [0.4, 0.5) is 4.39 Å². The standard InChI is InChI=1S/C25H18ClFN2O2/c26-20-10-7-19(8-11-20)25(30)29-28-15-23-22-4-2-1-3-18(22)9-14-24(23)31-16-17-5-12-21(27)13-6-17/h1-15H,16H2,(H,29,30). The third-order valence-corrected chi connectivity index (χ3v) is 4.96. The van der Waals surface area contributed by atoms with E-state index < -0.39 is 0 Å². The molecule has 4 aromatic carbocycles. The molecular formula is C25H18ClFN2O2. The summed E-state index contributed by atoms with van der Waals surface area (Å²) in [4.78, 5) is 12.3. The Balaban J connectivity index is 1.57. The number of carbonyl (C=O) groups is 1. The summed E-state index contributed by atoms with van der Waals surface area (Å²) in [5.41, 5.74) is 4.55. The molecule has 0 unspecified atom stereocenters.